The molecule has 0 aromatic heterocycles. The number of likely N-dealkylation sites (N-methyl/N-ethyl adjacent to an activating group) is 1. The number of ether oxygens (including phenoxy) is 1. The van der Waals surface area contributed by atoms with E-state index in [1.165, 1.54) is 12.0 Å². The molecule has 1 heterocycles. The molecule has 53 heavy (non-hydrogen) atoms. The molecule has 8 atom stereocenters. The largest absolute Gasteiger partial charge is 0.496 e. The first kappa shape index (κ1) is 38.8. The van der Waals surface area contributed by atoms with E-state index in [1.54, 1.807) is 24.0 Å². The predicted molar refractivity (Wildman–Crippen MR) is 207 cm³/mol. The van der Waals surface area contributed by atoms with Gasteiger partial charge in [-0.3, -0.25) is 14.4 Å². The highest BCUT2D eigenvalue weighted by atomic mass is 16.7. The van der Waals surface area contributed by atoms with E-state index in [2.05, 4.69) is 38.2 Å². The summed E-state index contributed by atoms with van der Waals surface area (Å²) in [4.78, 5) is 38.1. The lowest BCUT2D eigenvalue weighted by atomic mass is 9.45. The summed E-state index contributed by atoms with van der Waals surface area (Å²) in [5.41, 5.74) is 5.27. The van der Waals surface area contributed by atoms with Crippen molar-refractivity contribution in [1.29, 1.82) is 0 Å². The molecule has 0 radical (unpaired) electrons. The summed E-state index contributed by atoms with van der Waals surface area (Å²) >= 11 is 0. The van der Waals surface area contributed by atoms with Crippen molar-refractivity contribution >= 4 is 17.5 Å². The summed E-state index contributed by atoms with van der Waals surface area (Å²) in [6.07, 6.45) is 1.24. The van der Waals surface area contributed by atoms with E-state index in [4.69, 9.17) is 9.57 Å². The lowest BCUT2D eigenvalue weighted by Gasteiger charge is -2.62. The van der Waals surface area contributed by atoms with E-state index >= 15 is 0 Å². The first-order valence-corrected chi connectivity index (χ1v) is 19.1. The Bertz CT molecular complexity index is 1760. The SMILES string of the molecule is COc1c(CN2O[C@@H](CO)[C@H]([C@H](C)O)[C@H]2C(=O)N[C@H]2C[C@@H]3C[C@H]([C@@H]2C)C3(C)C)cccc1-c1cc(C(=O)N(C)CCc2ccccc2)cc(N(C)C)c1. The lowest BCUT2D eigenvalue weighted by Crippen LogP contribution is -2.62. The average molecular weight is 727 g/mol. The number of rotatable bonds is 13. The van der Waals surface area contributed by atoms with E-state index in [0.717, 1.165) is 35.2 Å². The maximum Gasteiger partial charge on any atom is 0.253 e. The van der Waals surface area contributed by atoms with Crippen molar-refractivity contribution in [3.63, 3.8) is 0 Å². The predicted octanol–water partition coefficient (Wildman–Crippen LogP) is 5.40. The fourth-order valence-corrected chi connectivity index (χ4v) is 9.24. The van der Waals surface area contributed by atoms with E-state index < -0.39 is 24.2 Å². The highest BCUT2D eigenvalue weighted by Crippen LogP contribution is 2.61. The number of anilines is 1. The zero-order chi connectivity index (χ0) is 38.2. The van der Waals surface area contributed by atoms with Crippen LogP contribution in [0.2, 0.25) is 0 Å². The van der Waals surface area contributed by atoms with Gasteiger partial charge in [0.2, 0.25) is 5.91 Å². The second kappa shape index (κ2) is 15.8. The Morgan fingerprint density at radius 2 is 1.79 bits per heavy atom. The van der Waals surface area contributed by atoms with Gasteiger partial charge in [-0.1, -0.05) is 69.3 Å². The zero-order valence-electron chi connectivity index (χ0n) is 32.6. The number of amides is 2. The van der Waals surface area contributed by atoms with Crippen molar-refractivity contribution in [3.05, 3.63) is 83.4 Å². The third-order valence-corrected chi connectivity index (χ3v) is 12.6. The number of hydrogen-bond acceptors (Lipinski definition) is 8. The van der Waals surface area contributed by atoms with Gasteiger partial charge in [-0.2, -0.15) is 5.06 Å². The Hall–Kier alpha value is -3.96. The first-order valence-electron chi connectivity index (χ1n) is 19.1. The van der Waals surface area contributed by atoms with Gasteiger partial charge in [-0.05, 0) is 78.7 Å². The average Bonchev–Trinajstić information content (AvgIpc) is 3.52. The van der Waals surface area contributed by atoms with Gasteiger partial charge in [0.15, 0.2) is 0 Å². The molecule has 3 aromatic rings. The Balaban J connectivity index is 1.27. The smallest absolute Gasteiger partial charge is 0.253 e. The molecule has 2 amide bonds. The molecule has 3 aliphatic carbocycles. The second-order valence-corrected chi connectivity index (χ2v) is 16.4. The fourth-order valence-electron chi connectivity index (χ4n) is 9.24. The molecular weight excluding hydrogens is 668 g/mol. The van der Waals surface area contributed by atoms with Crippen molar-refractivity contribution in [2.45, 2.75) is 77.8 Å². The van der Waals surface area contributed by atoms with Gasteiger partial charge in [0.05, 0.1) is 26.4 Å². The number of hydroxylamine groups is 2. The summed E-state index contributed by atoms with van der Waals surface area (Å²) in [6.45, 7) is 8.98. The number of methoxy groups -OCH3 is 1. The number of aliphatic hydroxyl groups excluding tert-OH is 2. The van der Waals surface area contributed by atoms with Gasteiger partial charge in [0, 0.05) is 62.0 Å². The van der Waals surface area contributed by atoms with Crippen LogP contribution in [0.4, 0.5) is 5.69 Å². The van der Waals surface area contributed by atoms with E-state index in [1.807, 2.05) is 80.6 Å². The van der Waals surface area contributed by atoms with Crippen molar-refractivity contribution < 1.29 is 29.4 Å². The maximum atomic E-state index is 14.2. The summed E-state index contributed by atoms with van der Waals surface area (Å²) < 4.78 is 6.08. The van der Waals surface area contributed by atoms with Crippen LogP contribution in [-0.2, 0) is 22.6 Å². The zero-order valence-corrected chi connectivity index (χ0v) is 32.6. The molecule has 7 rings (SSSR count). The minimum atomic E-state index is -0.896. The molecule has 10 nitrogen and oxygen atoms in total. The number of carbonyl (C=O) groups excluding carboxylic acids is 2. The number of fused-ring (bicyclic) bond motifs is 2. The summed E-state index contributed by atoms with van der Waals surface area (Å²) in [5, 5.41) is 26.3. The third-order valence-electron chi connectivity index (χ3n) is 12.6. The monoisotopic (exact) mass is 726 g/mol. The highest BCUT2D eigenvalue weighted by molar-refractivity contribution is 5.97. The van der Waals surface area contributed by atoms with Gasteiger partial charge in [0.25, 0.3) is 5.91 Å². The van der Waals surface area contributed by atoms with E-state index in [-0.39, 0.29) is 36.4 Å². The molecular formula is C43H58N4O6. The van der Waals surface area contributed by atoms with Crippen molar-refractivity contribution in [2.24, 2.45) is 29.1 Å². The number of nitrogens with one attached hydrogen (secondary N) is 1. The number of benzene rings is 3. The highest BCUT2D eigenvalue weighted by Gasteiger charge is 2.57. The van der Waals surface area contributed by atoms with Gasteiger partial charge in [-0.25, -0.2) is 0 Å². The molecule has 0 spiro atoms. The molecule has 0 unspecified atom stereocenters. The maximum absolute atomic E-state index is 14.2. The number of hydrogen-bond donors (Lipinski definition) is 3. The van der Waals surface area contributed by atoms with Crippen LogP contribution in [0.1, 0.15) is 62.0 Å². The molecule has 4 aliphatic rings. The summed E-state index contributed by atoms with van der Waals surface area (Å²) in [7, 11) is 7.34. The van der Waals surface area contributed by atoms with Gasteiger partial charge < -0.3 is 30.1 Å². The van der Waals surface area contributed by atoms with E-state index in [0.29, 0.717) is 35.6 Å². The van der Waals surface area contributed by atoms with Crippen LogP contribution in [0.5, 0.6) is 5.75 Å². The second-order valence-electron chi connectivity index (χ2n) is 16.4. The number of aliphatic hydroxyl groups is 2. The van der Waals surface area contributed by atoms with Gasteiger partial charge in [-0.15, -0.1) is 0 Å². The number of nitrogens with zero attached hydrogens (tertiary/aromatic N) is 3. The Kier molecular flexibility index (Phi) is 11.5. The van der Waals surface area contributed by atoms with Crippen LogP contribution in [0.25, 0.3) is 11.1 Å². The minimum Gasteiger partial charge on any atom is -0.496 e. The fraction of sp³-hybridized carbons (Fsp3) is 0.535. The summed E-state index contributed by atoms with van der Waals surface area (Å²) in [5.74, 6) is 1.15. The van der Waals surface area contributed by atoms with Crippen LogP contribution in [0.15, 0.2) is 66.7 Å². The molecule has 10 heteroatoms. The topological polar surface area (TPSA) is 115 Å². The van der Waals surface area contributed by atoms with Crippen LogP contribution < -0.4 is 15.0 Å². The molecule has 3 aromatic carbocycles. The van der Waals surface area contributed by atoms with E-state index in [9.17, 15) is 19.8 Å². The van der Waals surface area contributed by atoms with Gasteiger partial charge >= 0.3 is 0 Å². The molecule has 1 saturated heterocycles. The first-order chi connectivity index (χ1) is 25.2. The molecule has 3 saturated carbocycles. The van der Waals surface area contributed by atoms with Crippen LogP contribution in [-0.4, -0.2) is 97.7 Å². The van der Waals surface area contributed by atoms with Gasteiger partial charge in [0.1, 0.15) is 17.9 Å². The standard InChI is InChI=1S/C43H58N4O6/c1-26-35-22-32(43(35,3)4)23-36(26)44-41(50)39-38(27(2)49)37(25-48)53-47(39)24-29-15-12-16-34(40(29)52-8)30-19-31(21-33(20-30)45(5)6)42(51)46(7)18-17-28-13-10-9-11-14-28/h9-16,19-21,26-27,32,35-39,48-49H,17-18,22-25H2,1-8H3,(H,44,50)/t26-,27-,32-,35+,36-,37-,38-,39-/m0/s1. The lowest BCUT2D eigenvalue weighted by molar-refractivity contribution is -0.183. The van der Waals surface area contributed by atoms with Crippen LogP contribution >= 0.6 is 0 Å². The van der Waals surface area contributed by atoms with Crippen molar-refractivity contribution in [3.8, 4) is 16.9 Å². The molecule has 286 valence electrons. The Labute approximate surface area is 315 Å². The van der Waals surface area contributed by atoms with Crippen LogP contribution in [0, 0.1) is 29.1 Å². The normalized spacial score (nSPS) is 26.7. The Morgan fingerprint density at radius 1 is 1.06 bits per heavy atom. The molecule has 1 aliphatic heterocycles. The quantitative estimate of drug-likeness (QED) is 0.215. The van der Waals surface area contributed by atoms with Crippen LogP contribution in [0.3, 0.4) is 0 Å². The molecule has 4 fully saturated rings. The van der Waals surface area contributed by atoms with Crippen molar-refractivity contribution in [1.82, 2.24) is 15.3 Å². The molecule has 3 N–H and O–H groups in total. The third kappa shape index (κ3) is 7.69. The Morgan fingerprint density at radius 3 is 2.42 bits per heavy atom. The molecule has 2 bridgehead atoms. The number of para-hydroxylation sites is 1. The summed E-state index contributed by atoms with van der Waals surface area (Å²) in [6, 6.07) is 21.0. The van der Waals surface area contributed by atoms with Crippen molar-refractivity contribution in [2.75, 3.05) is 46.3 Å². The number of carbonyl (C=O) groups is 2. The minimum absolute atomic E-state index is 0.0417.